The summed E-state index contributed by atoms with van der Waals surface area (Å²) in [6.45, 7) is 6.48. The Balaban J connectivity index is 0.000000250. The van der Waals surface area contributed by atoms with E-state index in [9.17, 15) is 0 Å². The van der Waals surface area contributed by atoms with Crippen molar-refractivity contribution in [3.8, 4) is 0 Å². The molecule has 3 heteroatoms. The highest BCUT2D eigenvalue weighted by atomic mass is 35.5. The van der Waals surface area contributed by atoms with E-state index in [4.69, 9.17) is 11.6 Å². The van der Waals surface area contributed by atoms with Gasteiger partial charge in [-0.05, 0) is 18.6 Å². The van der Waals surface area contributed by atoms with Crippen molar-refractivity contribution in [2.45, 2.75) is 13.3 Å². The summed E-state index contributed by atoms with van der Waals surface area (Å²) in [5.74, 6) is 0. The lowest BCUT2D eigenvalue weighted by molar-refractivity contribution is 0.813. The highest BCUT2D eigenvalue weighted by Gasteiger charge is 2.07. The summed E-state index contributed by atoms with van der Waals surface area (Å²) in [5.41, 5.74) is 5.00. The molecule has 0 radical (unpaired) electrons. The maximum Gasteiger partial charge on any atom is 0.0693 e. The molecule has 1 aromatic carbocycles. The molecule has 0 atom stereocenters. The first kappa shape index (κ1) is 15.3. The number of nitrogens with zero attached hydrogens (tertiary/aromatic N) is 1. The Labute approximate surface area is 120 Å². The fourth-order valence-corrected chi connectivity index (χ4v) is 1.52. The normalized spacial score (nSPS) is 14.9. The molecule has 0 saturated carbocycles. The predicted molar refractivity (Wildman–Crippen MR) is 84.4 cm³/mol. The van der Waals surface area contributed by atoms with E-state index >= 15 is 0 Å². The van der Waals surface area contributed by atoms with Crippen molar-refractivity contribution in [1.29, 1.82) is 0 Å². The van der Waals surface area contributed by atoms with Crippen LogP contribution >= 0.6 is 11.6 Å². The third-order valence-electron chi connectivity index (χ3n) is 2.40. The Morgan fingerprint density at radius 1 is 1.21 bits per heavy atom. The van der Waals surface area contributed by atoms with Crippen LogP contribution in [0.4, 0.5) is 0 Å². The standard InChI is InChI=1S/C10H13ClN2.C6H6/c1-3-9(5-4-8(2)11)10-6-7-12-13-10;1-2-4-6-5-3-1/h3-5,12H,1,6-7H2,2H3;1-6H/b8-4+,9-5+;. The molecule has 2 nitrogen and oxygen atoms in total. The molecular weight excluding hydrogens is 256 g/mol. The molecule has 1 aliphatic heterocycles. The van der Waals surface area contributed by atoms with Crippen molar-refractivity contribution in [1.82, 2.24) is 5.43 Å². The third kappa shape index (κ3) is 6.63. The number of benzene rings is 1. The number of nitrogens with one attached hydrogen (secondary N) is 1. The molecule has 1 heterocycles. The van der Waals surface area contributed by atoms with E-state index < -0.39 is 0 Å². The second-order valence-electron chi connectivity index (χ2n) is 3.95. The molecular formula is C16H19ClN2. The van der Waals surface area contributed by atoms with Crippen LogP contribution in [-0.2, 0) is 0 Å². The monoisotopic (exact) mass is 274 g/mol. The minimum atomic E-state index is 0.755. The molecule has 0 unspecified atom stereocenters. The molecule has 0 aliphatic carbocycles. The number of hydrogen-bond acceptors (Lipinski definition) is 2. The smallest absolute Gasteiger partial charge is 0.0693 e. The van der Waals surface area contributed by atoms with E-state index in [-0.39, 0.29) is 0 Å². The summed E-state index contributed by atoms with van der Waals surface area (Å²) in [6.07, 6.45) is 6.52. The quantitative estimate of drug-likeness (QED) is 0.818. The highest BCUT2D eigenvalue weighted by molar-refractivity contribution is 6.29. The molecule has 19 heavy (non-hydrogen) atoms. The van der Waals surface area contributed by atoms with Crippen molar-refractivity contribution >= 4 is 17.3 Å². The summed E-state index contributed by atoms with van der Waals surface area (Å²) in [5, 5.41) is 4.90. The van der Waals surface area contributed by atoms with Gasteiger partial charge in [-0.2, -0.15) is 5.10 Å². The first-order valence-corrected chi connectivity index (χ1v) is 6.58. The van der Waals surface area contributed by atoms with Crippen LogP contribution in [0.1, 0.15) is 13.3 Å². The van der Waals surface area contributed by atoms with Crippen LogP contribution in [0.3, 0.4) is 0 Å². The van der Waals surface area contributed by atoms with Crippen LogP contribution in [0.2, 0.25) is 0 Å². The molecule has 0 saturated heterocycles. The van der Waals surface area contributed by atoms with Crippen LogP contribution in [0, 0.1) is 0 Å². The average Bonchev–Trinajstić information content (AvgIpc) is 2.96. The molecule has 100 valence electrons. The molecule has 0 bridgehead atoms. The first-order chi connectivity index (χ1) is 9.24. The fraction of sp³-hybridized carbons (Fsp3) is 0.188. The molecule has 1 N–H and O–H groups in total. The van der Waals surface area contributed by atoms with Gasteiger partial charge in [0.25, 0.3) is 0 Å². The second-order valence-corrected chi connectivity index (χ2v) is 4.55. The van der Waals surface area contributed by atoms with Crippen LogP contribution in [0.15, 0.2) is 76.9 Å². The zero-order chi connectivity index (χ0) is 13.9. The maximum absolute atomic E-state index is 5.71. The Bertz CT molecular complexity index is 442. The predicted octanol–water partition coefficient (Wildman–Crippen LogP) is 4.28. The molecule has 1 aromatic rings. The summed E-state index contributed by atoms with van der Waals surface area (Å²) in [4.78, 5) is 0. The van der Waals surface area contributed by atoms with Crippen LogP contribution in [-0.4, -0.2) is 12.3 Å². The van der Waals surface area contributed by atoms with Gasteiger partial charge in [-0.1, -0.05) is 66.7 Å². The van der Waals surface area contributed by atoms with E-state index in [1.165, 1.54) is 0 Å². The summed E-state index contributed by atoms with van der Waals surface area (Å²) in [7, 11) is 0. The van der Waals surface area contributed by atoms with Gasteiger partial charge in [-0.15, -0.1) is 0 Å². The zero-order valence-corrected chi connectivity index (χ0v) is 11.9. The molecule has 0 amide bonds. The highest BCUT2D eigenvalue weighted by Crippen LogP contribution is 2.09. The fourth-order valence-electron chi connectivity index (χ4n) is 1.46. The van der Waals surface area contributed by atoms with Crippen molar-refractivity contribution in [3.05, 3.63) is 71.8 Å². The molecule has 0 aromatic heterocycles. The lowest BCUT2D eigenvalue weighted by atomic mass is 10.1. The number of allylic oxidation sites excluding steroid dienone is 5. The maximum atomic E-state index is 5.71. The van der Waals surface area contributed by atoms with Gasteiger partial charge in [0.2, 0.25) is 0 Å². The Hall–Kier alpha value is -1.80. The van der Waals surface area contributed by atoms with Crippen molar-refractivity contribution in [2.75, 3.05) is 6.54 Å². The average molecular weight is 275 g/mol. The Kier molecular flexibility index (Phi) is 7.37. The van der Waals surface area contributed by atoms with Crippen LogP contribution in [0.25, 0.3) is 0 Å². The summed E-state index contributed by atoms with van der Waals surface area (Å²) < 4.78 is 0. The summed E-state index contributed by atoms with van der Waals surface area (Å²) in [6, 6.07) is 12.0. The van der Waals surface area contributed by atoms with Crippen molar-refractivity contribution < 1.29 is 0 Å². The molecule has 0 fully saturated rings. The Morgan fingerprint density at radius 2 is 1.79 bits per heavy atom. The summed E-state index contributed by atoms with van der Waals surface area (Å²) >= 11 is 5.71. The second kappa shape index (κ2) is 9.17. The largest absolute Gasteiger partial charge is 0.309 e. The first-order valence-electron chi connectivity index (χ1n) is 6.20. The minimum Gasteiger partial charge on any atom is -0.309 e. The van der Waals surface area contributed by atoms with E-state index in [1.54, 1.807) is 6.08 Å². The van der Waals surface area contributed by atoms with Gasteiger partial charge in [-0.3, -0.25) is 0 Å². The van der Waals surface area contributed by atoms with Gasteiger partial charge in [0, 0.05) is 18.0 Å². The lowest BCUT2D eigenvalue weighted by Crippen LogP contribution is -1.97. The van der Waals surface area contributed by atoms with E-state index in [0.29, 0.717) is 0 Å². The van der Waals surface area contributed by atoms with Crippen molar-refractivity contribution in [3.63, 3.8) is 0 Å². The van der Waals surface area contributed by atoms with E-state index in [2.05, 4.69) is 17.1 Å². The molecule has 2 rings (SSSR count). The third-order valence-corrected chi connectivity index (χ3v) is 2.53. The van der Waals surface area contributed by atoms with E-state index in [1.807, 2.05) is 55.5 Å². The number of halogens is 1. The molecule has 1 aliphatic rings. The number of rotatable bonds is 3. The van der Waals surface area contributed by atoms with Gasteiger partial charge < -0.3 is 5.43 Å². The SMILES string of the molecule is C=C/C(=C\C=C(/C)Cl)C1=NNCC1.c1ccccc1. The molecule has 0 spiro atoms. The van der Waals surface area contributed by atoms with Gasteiger partial charge >= 0.3 is 0 Å². The topological polar surface area (TPSA) is 24.4 Å². The lowest BCUT2D eigenvalue weighted by Gasteiger charge is -1.97. The zero-order valence-electron chi connectivity index (χ0n) is 11.1. The Morgan fingerprint density at radius 3 is 2.16 bits per heavy atom. The van der Waals surface area contributed by atoms with Gasteiger partial charge in [0.1, 0.15) is 0 Å². The van der Waals surface area contributed by atoms with E-state index in [0.717, 1.165) is 29.3 Å². The van der Waals surface area contributed by atoms with Crippen LogP contribution < -0.4 is 5.43 Å². The van der Waals surface area contributed by atoms with Crippen molar-refractivity contribution in [2.24, 2.45) is 5.10 Å². The van der Waals surface area contributed by atoms with Gasteiger partial charge in [-0.25, -0.2) is 0 Å². The van der Waals surface area contributed by atoms with Gasteiger partial charge in [0.05, 0.1) is 5.71 Å². The number of hydrogen-bond donors (Lipinski definition) is 1. The number of hydrazone groups is 1. The van der Waals surface area contributed by atoms with Crippen LogP contribution in [0.5, 0.6) is 0 Å². The van der Waals surface area contributed by atoms with Gasteiger partial charge in [0.15, 0.2) is 0 Å². The minimum absolute atomic E-state index is 0.755.